The smallest absolute Gasteiger partial charge is 0.354 e. The van der Waals surface area contributed by atoms with E-state index in [1.807, 2.05) is 0 Å². The van der Waals surface area contributed by atoms with Crippen LogP contribution in [0.1, 0.15) is 16.3 Å². The second kappa shape index (κ2) is 7.23. The maximum Gasteiger partial charge on any atom is 0.354 e. The first-order valence-electron chi connectivity index (χ1n) is 7.25. The number of aliphatic carboxylic acids is 1. The number of imidazole rings is 1. The summed E-state index contributed by atoms with van der Waals surface area (Å²) >= 11 is 5.80. The number of carbonyl (C=O) groups is 2. The number of benzene rings is 1. The number of rotatable bonds is 7. The van der Waals surface area contributed by atoms with Gasteiger partial charge in [-0.2, -0.15) is 5.10 Å². The minimum atomic E-state index is -1.25. The third kappa shape index (κ3) is 3.81. The average Bonchev–Trinajstić information content (AvgIpc) is 3.20. The van der Waals surface area contributed by atoms with E-state index < -0.39 is 18.5 Å². The van der Waals surface area contributed by atoms with E-state index in [2.05, 4.69) is 20.1 Å². The quantitative estimate of drug-likeness (QED) is 0.564. The molecule has 0 aliphatic heterocycles. The first kappa shape index (κ1) is 17.4. The van der Waals surface area contributed by atoms with Gasteiger partial charge in [0.2, 0.25) is 0 Å². The number of ether oxygens (including phenoxy) is 1. The molecule has 0 aliphatic rings. The summed E-state index contributed by atoms with van der Waals surface area (Å²) in [5.74, 6) is -1.69. The molecule has 0 bridgehead atoms. The van der Waals surface area contributed by atoms with Gasteiger partial charge < -0.3 is 19.9 Å². The maximum atomic E-state index is 11.3. The van der Waals surface area contributed by atoms with Crippen LogP contribution in [0.3, 0.4) is 0 Å². The molecular formula is C15H12ClN5O5. The van der Waals surface area contributed by atoms with Gasteiger partial charge in [0.1, 0.15) is 24.6 Å². The van der Waals surface area contributed by atoms with E-state index in [0.29, 0.717) is 10.8 Å². The molecule has 0 atom stereocenters. The summed E-state index contributed by atoms with van der Waals surface area (Å²) < 4.78 is 6.59. The molecule has 0 saturated carbocycles. The van der Waals surface area contributed by atoms with E-state index in [9.17, 15) is 14.7 Å². The fourth-order valence-corrected chi connectivity index (χ4v) is 2.30. The molecule has 10 nitrogen and oxygen atoms in total. The highest BCUT2D eigenvalue weighted by atomic mass is 35.5. The number of nitrogens with one attached hydrogen (secondary N) is 1. The van der Waals surface area contributed by atoms with Crippen LogP contribution in [0.5, 0.6) is 5.75 Å². The van der Waals surface area contributed by atoms with Crippen molar-refractivity contribution in [3.8, 4) is 17.3 Å². The molecule has 3 N–H and O–H groups in total. The lowest BCUT2D eigenvalue weighted by Gasteiger charge is -2.02. The van der Waals surface area contributed by atoms with Crippen LogP contribution in [0.15, 0.2) is 30.6 Å². The third-order valence-corrected chi connectivity index (χ3v) is 3.50. The van der Waals surface area contributed by atoms with Crippen molar-refractivity contribution >= 4 is 23.5 Å². The van der Waals surface area contributed by atoms with Crippen LogP contribution in [0.2, 0.25) is 5.02 Å². The second-order valence-corrected chi connectivity index (χ2v) is 5.51. The zero-order chi connectivity index (χ0) is 18.7. The molecule has 26 heavy (non-hydrogen) atoms. The summed E-state index contributed by atoms with van der Waals surface area (Å²) in [6.45, 7) is -0.552. The highest BCUT2D eigenvalue weighted by Gasteiger charge is 2.22. The molecule has 11 heteroatoms. The first-order valence-corrected chi connectivity index (χ1v) is 7.62. The lowest BCUT2D eigenvalue weighted by molar-refractivity contribution is -0.137. The summed E-state index contributed by atoms with van der Waals surface area (Å²) in [4.78, 5) is 32.9. The van der Waals surface area contributed by atoms with Gasteiger partial charge in [0, 0.05) is 5.02 Å². The van der Waals surface area contributed by atoms with Crippen LogP contribution in [-0.2, 0) is 17.9 Å². The summed E-state index contributed by atoms with van der Waals surface area (Å²) in [6.07, 6.45) is 1.18. The van der Waals surface area contributed by atoms with Gasteiger partial charge >= 0.3 is 11.9 Å². The zero-order valence-electron chi connectivity index (χ0n) is 13.1. The highest BCUT2D eigenvalue weighted by Crippen LogP contribution is 2.20. The summed E-state index contributed by atoms with van der Waals surface area (Å²) in [7, 11) is 0. The van der Waals surface area contributed by atoms with Crippen LogP contribution in [0, 0.1) is 0 Å². The van der Waals surface area contributed by atoms with Gasteiger partial charge in [0.15, 0.2) is 17.3 Å². The first-order chi connectivity index (χ1) is 12.4. The summed E-state index contributed by atoms with van der Waals surface area (Å²) in [5, 5.41) is 22.8. The number of carboxylic acids is 2. The number of hydrogen-bond donors (Lipinski definition) is 3. The van der Waals surface area contributed by atoms with Crippen molar-refractivity contribution in [1.82, 2.24) is 24.7 Å². The van der Waals surface area contributed by atoms with Crippen molar-refractivity contribution in [2.45, 2.75) is 13.2 Å². The maximum absolute atomic E-state index is 11.3. The summed E-state index contributed by atoms with van der Waals surface area (Å²) in [5.41, 5.74) is -0.224. The highest BCUT2D eigenvalue weighted by molar-refractivity contribution is 6.30. The Balaban J connectivity index is 1.89. The molecule has 0 fully saturated rings. The van der Waals surface area contributed by atoms with E-state index in [1.54, 1.807) is 24.3 Å². The number of aromatic carboxylic acids is 1. The Hall–Kier alpha value is -3.40. The van der Waals surface area contributed by atoms with Crippen LogP contribution in [0.25, 0.3) is 11.5 Å². The Labute approximate surface area is 151 Å². The monoisotopic (exact) mass is 377 g/mol. The molecule has 1 aromatic carbocycles. The van der Waals surface area contributed by atoms with Gasteiger partial charge in [-0.15, -0.1) is 0 Å². The van der Waals surface area contributed by atoms with E-state index in [4.69, 9.17) is 21.4 Å². The minimum absolute atomic E-state index is 0.0102. The molecular weight excluding hydrogens is 366 g/mol. The average molecular weight is 378 g/mol. The van der Waals surface area contributed by atoms with E-state index in [1.165, 1.54) is 6.33 Å². The number of halogens is 1. The fraction of sp³-hybridized carbons (Fsp3) is 0.133. The molecule has 0 radical (unpaired) electrons. The van der Waals surface area contributed by atoms with Crippen molar-refractivity contribution in [2.75, 3.05) is 0 Å². The molecule has 2 heterocycles. The van der Waals surface area contributed by atoms with Crippen molar-refractivity contribution < 1.29 is 24.5 Å². The number of aromatic amines is 1. The summed E-state index contributed by atoms with van der Waals surface area (Å²) in [6, 6.07) is 6.63. The molecule has 2 aromatic heterocycles. The normalized spacial score (nSPS) is 10.7. The molecule has 3 rings (SSSR count). The largest absolute Gasteiger partial charge is 0.486 e. The van der Waals surface area contributed by atoms with Gasteiger partial charge in [0.05, 0.1) is 6.33 Å². The van der Waals surface area contributed by atoms with Crippen LogP contribution >= 0.6 is 11.6 Å². The molecule has 3 aromatic rings. The second-order valence-electron chi connectivity index (χ2n) is 5.08. The Morgan fingerprint density at radius 2 is 1.96 bits per heavy atom. The minimum Gasteiger partial charge on any atom is -0.486 e. The Bertz CT molecular complexity index is 950. The number of H-pyrrole nitrogens is 1. The molecule has 0 aliphatic carbocycles. The molecule has 134 valence electrons. The van der Waals surface area contributed by atoms with Crippen molar-refractivity contribution in [2.24, 2.45) is 0 Å². The van der Waals surface area contributed by atoms with Gasteiger partial charge in [-0.05, 0) is 24.3 Å². The fourth-order valence-electron chi connectivity index (χ4n) is 2.17. The molecule has 0 amide bonds. The predicted octanol–water partition coefficient (Wildman–Crippen LogP) is 1.68. The van der Waals surface area contributed by atoms with Crippen molar-refractivity contribution in [1.29, 1.82) is 0 Å². The molecule has 0 spiro atoms. The molecule has 0 unspecified atom stereocenters. The van der Waals surface area contributed by atoms with Gasteiger partial charge in [-0.1, -0.05) is 11.6 Å². The predicted molar refractivity (Wildman–Crippen MR) is 88.0 cm³/mol. The van der Waals surface area contributed by atoms with E-state index in [-0.39, 0.29) is 29.6 Å². The van der Waals surface area contributed by atoms with Gasteiger partial charge in [0.25, 0.3) is 0 Å². The van der Waals surface area contributed by atoms with Crippen LogP contribution in [-0.4, -0.2) is 46.9 Å². The van der Waals surface area contributed by atoms with Crippen molar-refractivity contribution in [3.63, 3.8) is 0 Å². The lowest BCUT2D eigenvalue weighted by Crippen LogP contribution is -2.13. The Morgan fingerprint density at radius 3 is 2.62 bits per heavy atom. The van der Waals surface area contributed by atoms with Crippen molar-refractivity contribution in [3.05, 3.63) is 47.1 Å². The van der Waals surface area contributed by atoms with Gasteiger partial charge in [-0.3, -0.25) is 4.79 Å². The third-order valence-electron chi connectivity index (χ3n) is 3.25. The Morgan fingerprint density at radius 1 is 1.23 bits per heavy atom. The standard InChI is InChI=1S/C15H12ClN5O5/c16-8-1-3-9(4-2-8)26-6-10-19-14(21(20-10)5-11(22)23)12-13(15(24)25)18-7-17-12/h1-4,7H,5-6H2,(H,17,18)(H,22,23)(H,24,25). The number of carboxylic acid groups (broad SMARTS) is 2. The van der Waals surface area contributed by atoms with Crippen LogP contribution < -0.4 is 4.74 Å². The number of hydrogen-bond acceptors (Lipinski definition) is 6. The van der Waals surface area contributed by atoms with E-state index >= 15 is 0 Å². The SMILES string of the molecule is O=C(O)Cn1nc(COc2ccc(Cl)cc2)nc1-c1nc[nH]c1C(=O)O. The molecule has 0 saturated heterocycles. The lowest BCUT2D eigenvalue weighted by atomic mass is 10.3. The zero-order valence-corrected chi connectivity index (χ0v) is 13.8. The van der Waals surface area contributed by atoms with E-state index in [0.717, 1.165) is 4.68 Å². The topological polar surface area (TPSA) is 143 Å². The van der Waals surface area contributed by atoms with Gasteiger partial charge in [-0.25, -0.2) is 19.4 Å². The Kier molecular flexibility index (Phi) is 4.85. The number of nitrogens with zero attached hydrogens (tertiary/aromatic N) is 4. The van der Waals surface area contributed by atoms with Crippen LogP contribution in [0.4, 0.5) is 0 Å². The number of aromatic nitrogens is 5.